The molecule has 0 bridgehead atoms. The van der Waals surface area contributed by atoms with E-state index in [4.69, 9.17) is 0 Å². The molecule has 0 radical (unpaired) electrons. The van der Waals surface area contributed by atoms with Crippen LogP contribution in [0.3, 0.4) is 0 Å². The first-order valence-electron chi connectivity index (χ1n) is 4.39. The Morgan fingerprint density at radius 3 is 2.40 bits per heavy atom. The van der Waals surface area contributed by atoms with Crippen LogP contribution in [0, 0.1) is 11.8 Å². The van der Waals surface area contributed by atoms with Crippen molar-refractivity contribution in [1.82, 2.24) is 0 Å². The monoisotopic (exact) mass is 138 g/mol. The van der Waals surface area contributed by atoms with Crippen LogP contribution in [0.1, 0.15) is 38.5 Å². The van der Waals surface area contributed by atoms with Gasteiger partial charge in [-0.3, -0.25) is 4.79 Å². The van der Waals surface area contributed by atoms with Crippen molar-refractivity contribution in [3.05, 3.63) is 0 Å². The second kappa shape index (κ2) is 2.37. The fourth-order valence-corrected chi connectivity index (χ4v) is 1.67. The molecule has 2 fully saturated rings. The molecule has 0 amide bonds. The van der Waals surface area contributed by atoms with Crippen molar-refractivity contribution in [3.63, 3.8) is 0 Å². The highest BCUT2D eigenvalue weighted by molar-refractivity contribution is 5.95. The molecule has 1 atom stereocenters. The summed E-state index contributed by atoms with van der Waals surface area (Å²) >= 11 is 0. The topological polar surface area (TPSA) is 17.1 Å². The molecule has 1 heteroatoms. The SMILES string of the molecule is O=C1CC1CCC1CCC1. The smallest absolute Gasteiger partial charge is 0.137 e. The number of rotatable bonds is 3. The first-order chi connectivity index (χ1) is 4.86. The summed E-state index contributed by atoms with van der Waals surface area (Å²) in [6, 6.07) is 0. The highest BCUT2D eigenvalue weighted by Crippen LogP contribution is 2.36. The van der Waals surface area contributed by atoms with Gasteiger partial charge in [0.05, 0.1) is 0 Å². The first-order valence-corrected chi connectivity index (χ1v) is 4.39. The molecule has 0 aliphatic heterocycles. The molecule has 1 unspecified atom stereocenters. The zero-order valence-electron chi connectivity index (χ0n) is 6.31. The molecular formula is C9H14O. The molecule has 0 heterocycles. The van der Waals surface area contributed by atoms with E-state index in [1.807, 2.05) is 0 Å². The van der Waals surface area contributed by atoms with Gasteiger partial charge >= 0.3 is 0 Å². The Morgan fingerprint density at radius 2 is 2.00 bits per heavy atom. The van der Waals surface area contributed by atoms with E-state index in [0.717, 1.165) is 12.3 Å². The Bertz CT molecular complexity index is 147. The number of carbonyl (C=O) groups excluding carboxylic acids is 1. The van der Waals surface area contributed by atoms with Crippen molar-refractivity contribution in [1.29, 1.82) is 0 Å². The Hall–Kier alpha value is -0.330. The predicted octanol–water partition coefficient (Wildman–Crippen LogP) is 2.16. The van der Waals surface area contributed by atoms with E-state index in [1.165, 1.54) is 32.1 Å². The van der Waals surface area contributed by atoms with Crippen LogP contribution >= 0.6 is 0 Å². The van der Waals surface area contributed by atoms with Crippen molar-refractivity contribution in [3.8, 4) is 0 Å². The van der Waals surface area contributed by atoms with Crippen molar-refractivity contribution in [2.24, 2.45) is 11.8 Å². The van der Waals surface area contributed by atoms with Crippen molar-refractivity contribution in [2.45, 2.75) is 38.5 Å². The molecule has 2 aliphatic rings. The van der Waals surface area contributed by atoms with Crippen LogP contribution < -0.4 is 0 Å². The second-order valence-corrected chi connectivity index (χ2v) is 3.74. The quantitative estimate of drug-likeness (QED) is 0.584. The summed E-state index contributed by atoms with van der Waals surface area (Å²) in [4.78, 5) is 10.6. The van der Waals surface area contributed by atoms with Crippen LogP contribution in [0.4, 0.5) is 0 Å². The molecule has 0 spiro atoms. The van der Waals surface area contributed by atoms with E-state index in [2.05, 4.69) is 0 Å². The standard InChI is InChI=1S/C9H14O/c10-9-6-8(9)5-4-7-2-1-3-7/h7-8H,1-6H2. The number of ketones is 1. The number of carbonyl (C=O) groups is 1. The second-order valence-electron chi connectivity index (χ2n) is 3.74. The average Bonchev–Trinajstić information content (AvgIpc) is 2.43. The van der Waals surface area contributed by atoms with Crippen LogP contribution in [0.15, 0.2) is 0 Å². The van der Waals surface area contributed by atoms with Gasteiger partial charge in [0.25, 0.3) is 0 Å². The number of hydrogen-bond donors (Lipinski definition) is 0. The largest absolute Gasteiger partial charge is 0.299 e. The summed E-state index contributed by atoms with van der Waals surface area (Å²) in [5.41, 5.74) is 0. The van der Waals surface area contributed by atoms with Gasteiger partial charge in [-0.1, -0.05) is 19.3 Å². The Kier molecular flexibility index (Phi) is 1.51. The minimum Gasteiger partial charge on any atom is -0.299 e. The Morgan fingerprint density at radius 1 is 1.30 bits per heavy atom. The van der Waals surface area contributed by atoms with Crippen molar-refractivity contribution in [2.75, 3.05) is 0 Å². The fourth-order valence-electron chi connectivity index (χ4n) is 1.67. The molecule has 0 aromatic carbocycles. The van der Waals surface area contributed by atoms with E-state index in [9.17, 15) is 4.79 Å². The molecule has 2 aliphatic carbocycles. The first kappa shape index (κ1) is 6.38. The molecule has 56 valence electrons. The van der Waals surface area contributed by atoms with Gasteiger partial charge in [0, 0.05) is 12.3 Å². The molecule has 0 aromatic rings. The van der Waals surface area contributed by atoms with Gasteiger partial charge in [-0.05, 0) is 18.8 Å². The number of hydrogen-bond acceptors (Lipinski definition) is 1. The van der Waals surface area contributed by atoms with Gasteiger partial charge in [0.1, 0.15) is 5.78 Å². The molecule has 0 N–H and O–H groups in total. The van der Waals surface area contributed by atoms with Gasteiger partial charge in [-0.15, -0.1) is 0 Å². The van der Waals surface area contributed by atoms with Gasteiger partial charge in [-0.2, -0.15) is 0 Å². The van der Waals surface area contributed by atoms with Gasteiger partial charge in [-0.25, -0.2) is 0 Å². The highest BCUT2D eigenvalue weighted by atomic mass is 16.1. The lowest BCUT2D eigenvalue weighted by Gasteiger charge is -2.24. The van der Waals surface area contributed by atoms with Crippen LogP contribution in [0.25, 0.3) is 0 Å². The summed E-state index contributed by atoms with van der Waals surface area (Å²) in [6.07, 6.45) is 7.72. The van der Waals surface area contributed by atoms with Gasteiger partial charge < -0.3 is 0 Å². The Balaban J connectivity index is 1.59. The van der Waals surface area contributed by atoms with E-state index >= 15 is 0 Å². The average molecular weight is 138 g/mol. The summed E-state index contributed by atoms with van der Waals surface area (Å²) in [5.74, 6) is 2.01. The zero-order valence-corrected chi connectivity index (χ0v) is 6.31. The van der Waals surface area contributed by atoms with Crippen molar-refractivity contribution >= 4 is 5.78 Å². The molecule has 2 rings (SSSR count). The predicted molar refractivity (Wildman–Crippen MR) is 39.7 cm³/mol. The Labute approximate surface area is 61.8 Å². The minimum atomic E-state index is 0.501. The lowest BCUT2D eigenvalue weighted by atomic mass is 9.82. The third-order valence-electron chi connectivity index (χ3n) is 2.89. The minimum absolute atomic E-state index is 0.501. The van der Waals surface area contributed by atoms with E-state index < -0.39 is 0 Å². The lowest BCUT2D eigenvalue weighted by Crippen LogP contribution is -2.10. The molecular weight excluding hydrogens is 124 g/mol. The third kappa shape index (κ3) is 1.23. The van der Waals surface area contributed by atoms with Crippen LogP contribution in [-0.2, 0) is 4.79 Å². The summed E-state index contributed by atoms with van der Waals surface area (Å²) < 4.78 is 0. The summed E-state index contributed by atoms with van der Waals surface area (Å²) in [7, 11) is 0. The number of Topliss-reactive ketones (excluding diaryl/α,β-unsaturated/α-hetero) is 1. The van der Waals surface area contributed by atoms with E-state index in [0.29, 0.717) is 11.7 Å². The van der Waals surface area contributed by atoms with Gasteiger partial charge in [0.15, 0.2) is 0 Å². The third-order valence-corrected chi connectivity index (χ3v) is 2.89. The molecule has 10 heavy (non-hydrogen) atoms. The van der Waals surface area contributed by atoms with E-state index in [1.54, 1.807) is 0 Å². The normalized spacial score (nSPS) is 32.0. The summed E-state index contributed by atoms with van der Waals surface area (Å²) in [5, 5.41) is 0. The van der Waals surface area contributed by atoms with Crippen LogP contribution in [0.5, 0.6) is 0 Å². The van der Waals surface area contributed by atoms with Gasteiger partial charge in [0.2, 0.25) is 0 Å². The maximum absolute atomic E-state index is 10.6. The van der Waals surface area contributed by atoms with E-state index in [-0.39, 0.29) is 0 Å². The lowest BCUT2D eigenvalue weighted by molar-refractivity contribution is -0.111. The molecule has 1 nitrogen and oxygen atoms in total. The molecule has 2 saturated carbocycles. The van der Waals surface area contributed by atoms with Crippen LogP contribution in [0.2, 0.25) is 0 Å². The maximum Gasteiger partial charge on any atom is 0.137 e. The zero-order chi connectivity index (χ0) is 6.97. The summed E-state index contributed by atoms with van der Waals surface area (Å²) in [6.45, 7) is 0. The fraction of sp³-hybridized carbons (Fsp3) is 0.889. The molecule has 0 aromatic heterocycles. The molecule has 0 saturated heterocycles. The van der Waals surface area contributed by atoms with Crippen LogP contribution in [-0.4, -0.2) is 5.78 Å². The highest BCUT2D eigenvalue weighted by Gasteiger charge is 2.34. The van der Waals surface area contributed by atoms with Crippen molar-refractivity contribution < 1.29 is 4.79 Å². The maximum atomic E-state index is 10.6.